The molecule has 2 aromatic rings. The van der Waals surface area contributed by atoms with Crippen molar-refractivity contribution in [2.24, 2.45) is 0 Å². The lowest BCUT2D eigenvalue weighted by atomic mass is 10.1. The van der Waals surface area contributed by atoms with Crippen LogP contribution in [0.25, 0.3) is 0 Å². The second-order valence-corrected chi connectivity index (χ2v) is 7.62. The van der Waals surface area contributed by atoms with Crippen molar-refractivity contribution in [3.8, 4) is 5.75 Å². The van der Waals surface area contributed by atoms with Crippen LogP contribution in [0.1, 0.15) is 36.5 Å². The fraction of sp³-hybridized carbons (Fsp3) is 0.368. The molecule has 0 aliphatic carbocycles. The van der Waals surface area contributed by atoms with Crippen LogP contribution in [0.15, 0.2) is 41.3 Å². The third-order valence-corrected chi connectivity index (χ3v) is 5.65. The van der Waals surface area contributed by atoms with Gasteiger partial charge in [-0.3, -0.25) is 4.72 Å². The summed E-state index contributed by atoms with van der Waals surface area (Å²) in [5, 5.41) is 0. The topological polar surface area (TPSA) is 55.4 Å². The summed E-state index contributed by atoms with van der Waals surface area (Å²) < 4.78 is 33.4. The molecule has 2 aromatic carbocycles. The van der Waals surface area contributed by atoms with Gasteiger partial charge >= 0.3 is 0 Å². The summed E-state index contributed by atoms with van der Waals surface area (Å²) in [6, 6.07) is 11.0. The van der Waals surface area contributed by atoms with E-state index in [9.17, 15) is 8.42 Å². The first-order valence-electron chi connectivity index (χ1n) is 8.14. The number of unbranched alkanes of at least 4 members (excludes halogenated alkanes) is 1. The lowest BCUT2D eigenvalue weighted by Crippen LogP contribution is -2.15. The van der Waals surface area contributed by atoms with Gasteiger partial charge < -0.3 is 4.74 Å². The zero-order chi connectivity index (χ0) is 17.7. The van der Waals surface area contributed by atoms with Gasteiger partial charge in [0.15, 0.2) is 0 Å². The highest BCUT2D eigenvalue weighted by Crippen LogP contribution is 2.27. The van der Waals surface area contributed by atoms with Crippen molar-refractivity contribution in [2.45, 2.75) is 44.9 Å². The van der Waals surface area contributed by atoms with Crippen LogP contribution in [0.4, 0.5) is 5.69 Å². The van der Waals surface area contributed by atoms with E-state index >= 15 is 0 Å². The average Bonchev–Trinajstić information content (AvgIpc) is 2.52. The van der Waals surface area contributed by atoms with Crippen LogP contribution in [0, 0.1) is 13.8 Å². The smallest absolute Gasteiger partial charge is 0.262 e. The number of benzene rings is 2. The number of anilines is 1. The highest BCUT2D eigenvalue weighted by atomic mass is 32.2. The van der Waals surface area contributed by atoms with E-state index in [2.05, 4.69) is 11.6 Å². The van der Waals surface area contributed by atoms with Crippen LogP contribution in [0.3, 0.4) is 0 Å². The first-order valence-corrected chi connectivity index (χ1v) is 9.62. The standard InChI is InChI=1S/C19H25NO3S/c1-5-6-7-16-8-10-17(11-9-16)20-24(21,22)19-14(2)12-18(23-4)13-15(19)3/h8-13,20H,5-7H2,1-4H3. The zero-order valence-electron chi connectivity index (χ0n) is 14.7. The quantitative estimate of drug-likeness (QED) is 0.805. The lowest BCUT2D eigenvalue weighted by Gasteiger charge is -2.14. The van der Waals surface area contributed by atoms with E-state index < -0.39 is 10.0 Å². The Kier molecular flexibility index (Phi) is 5.89. The molecule has 0 bridgehead atoms. The molecule has 0 atom stereocenters. The molecule has 0 saturated carbocycles. The molecule has 0 saturated heterocycles. The zero-order valence-corrected chi connectivity index (χ0v) is 15.5. The molecular formula is C19H25NO3S. The molecule has 5 heteroatoms. The predicted molar refractivity (Wildman–Crippen MR) is 98.3 cm³/mol. The van der Waals surface area contributed by atoms with Gasteiger partial charge in [-0.05, 0) is 67.6 Å². The van der Waals surface area contributed by atoms with Gasteiger partial charge in [0.05, 0.1) is 12.0 Å². The van der Waals surface area contributed by atoms with Gasteiger partial charge in [0, 0.05) is 5.69 Å². The largest absolute Gasteiger partial charge is 0.497 e. The summed E-state index contributed by atoms with van der Waals surface area (Å²) in [4.78, 5) is 0.304. The third-order valence-electron chi connectivity index (χ3n) is 3.96. The Labute approximate surface area is 144 Å². The second kappa shape index (κ2) is 7.71. The molecule has 0 aromatic heterocycles. The van der Waals surface area contributed by atoms with E-state index in [4.69, 9.17) is 4.74 Å². The van der Waals surface area contributed by atoms with Crippen molar-refractivity contribution in [3.05, 3.63) is 53.1 Å². The first-order chi connectivity index (χ1) is 11.4. The molecule has 0 aliphatic heterocycles. The normalized spacial score (nSPS) is 11.3. The summed E-state index contributed by atoms with van der Waals surface area (Å²) in [7, 11) is -2.06. The van der Waals surface area contributed by atoms with Crippen molar-refractivity contribution in [3.63, 3.8) is 0 Å². The number of aryl methyl sites for hydroxylation is 3. The van der Waals surface area contributed by atoms with Gasteiger partial charge in [-0.25, -0.2) is 8.42 Å². The maximum absolute atomic E-state index is 12.7. The average molecular weight is 347 g/mol. The molecule has 130 valence electrons. The van der Waals surface area contributed by atoms with Gasteiger partial charge in [0.25, 0.3) is 10.0 Å². The molecule has 24 heavy (non-hydrogen) atoms. The fourth-order valence-electron chi connectivity index (χ4n) is 2.78. The molecular weight excluding hydrogens is 322 g/mol. The van der Waals surface area contributed by atoms with Crippen LogP contribution in [0.2, 0.25) is 0 Å². The van der Waals surface area contributed by atoms with Crippen LogP contribution < -0.4 is 9.46 Å². The van der Waals surface area contributed by atoms with Gasteiger partial charge in [-0.15, -0.1) is 0 Å². The Morgan fingerprint density at radius 1 is 1.04 bits per heavy atom. The molecule has 0 aliphatic rings. The molecule has 4 nitrogen and oxygen atoms in total. The van der Waals surface area contributed by atoms with Gasteiger partial charge in [-0.1, -0.05) is 25.5 Å². The Morgan fingerprint density at radius 2 is 1.62 bits per heavy atom. The third kappa shape index (κ3) is 4.29. The Hall–Kier alpha value is -2.01. The highest BCUT2D eigenvalue weighted by Gasteiger charge is 2.20. The van der Waals surface area contributed by atoms with Gasteiger partial charge in [0.1, 0.15) is 5.75 Å². The van der Waals surface area contributed by atoms with Gasteiger partial charge in [0.2, 0.25) is 0 Å². The monoisotopic (exact) mass is 347 g/mol. The molecule has 0 fully saturated rings. The molecule has 0 heterocycles. The van der Waals surface area contributed by atoms with Crippen LogP contribution in [-0.4, -0.2) is 15.5 Å². The molecule has 0 amide bonds. The predicted octanol–water partition coefficient (Wildman–Crippen LogP) is 4.46. The molecule has 0 unspecified atom stereocenters. The van der Waals surface area contributed by atoms with Gasteiger partial charge in [-0.2, -0.15) is 0 Å². The Balaban J connectivity index is 2.25. The van der Waals surface area contributed by atoms with E-state index in [1.54, 1.807) is 33.1 Å². The number of methoxy groups -OCH3 is 1. The Morgan fingerprint density at radius 3 is 2.12 bits per heavy atom. The van der Waals surface area contributed by atoms with Crippen molar-refractivity contribution < 1.29 is 13.2 Å². The summed E-state index contributed by atoms with van der Waals surface area (Å²) in [6.45, 7) is 5.71. The van der Waals surface area contributed by atoms with Crippen molar-refractivity contribution >= 4 is 15.7 Å². The molecule has 1 N–H and O–H groups in total. The minimum Gasteiger partial charge on any atom is -0.497 e. The van der Waals surface area contributed by atoms with E-state index in [0.717, 1.165) is 19.3 Å². The fourth-order valence-corrected chi connectivity index (χ4v) is 4.29. The van der Waals surface area contributed by atoms with Crippen molar-refractivity contribution in [2.75, 3.05) is 11.8 Å². The summed E-state index contributed by atoms with van der Waals surface area (Å²) in [5.41, 5.74) is 3.12. The minimum atomic E-state index is -3.64. The summed E-state index contributed by atoms with van der Waals surface area (Å²) in [6.07, 6.45) is 3.29. The van der Waals surface area contributed by atoms with E-state index in [-0.39, 0.29) is 0 Å². The maximum Gasteiger partial charge on any atom is 0.262 e. The second-order valence-electron chi connectivity index (χ2n) is 6.00. The number of sulfonamides is 1. The summed E-state index contributed by atoms with van der Waals surface area (Å²) in [5.74, 6) is 0.657. The number of hydrogen-bond acceptors (Lipinski definition) is 3. The van der Waals surface area contributed by atoms with Crippen LogP contribution in [0.5, 0.6) is 5.75 Å². The minimum absolute atomic E-state index is 0.304. The van der Waals surface area contributed by atoms with Crippen molar-refractivity contribution in [1.82, 2.24) is 0 Å². The number of rotatable bonds is 7. The first kappa shape index (κ1) is 18.3. The molecule has 0 radical (unpaired) electrons. The number of ether oxygens (including phenoxy) is 1. The lowest BCUT2D eigenvalue weighted by molar-refractivity contribution is 0.413. The number of nitrogens with one attached hydrogen (secondary N) is 1. The highest BCUT2D eigenvalue weighted by molar-refractivity contribution is 7.92. The molecule has 0 spiro atoms. The summed E-state index contributed by atoms with van der Waals surface area (Å²) >= 11 is 0. The Bertz CT molecular complexity index is 773. The van der Waals surface area contributed by atoms with E-state index in [1.165, 1.54) is 5.56 Å². The van der Waals surface area contributed by atoms with Crippen LogP contribution in [-0.2, 0) is 16.4 Å². The van der Waals surface area contributed by atoms with E-state index in [1.807, 2.05) is 24.3 Å². The number of hydrogen-bond donors (Lipinski definition) is 1. The van der Waals surface area contributed by atoms with E-state index in [0.29, 0.717) is 27.5 Å². The maximum atomic E-state index is 12.7. The molecule has 2 rings (SSSR count). The SMILES string of the molecule is CCCCc1ccc(NS(=O)(=O)c2c(C)cc(OC)cc2C)cc1. The van der Waals surface area contributed by atoms with Crippen molar-refractivity contribution in [1.29, 1.82) is 0 Å². The van der Waals surface area contributed by atoms with Crippen LogP contribution >= 0.6 is 0 Å².